The van der Waals surface area contributed by atoms with Crippen LogP contribution in [0.25, 0.3) is 0 Å². The van der Waals surface area contributed by atoms with Crippen molar-refractivity contribution in [2.45, 2.75) is 19.3 Å². The summed E-state index contributed by atoms with van der Waals surface area (Å²) in [4.78, 5) is 10.5. The lowest BCUT2D eigenvalue weighted by Crippen LogP contribution is -2.17. The summed E-state index contributed by atoms with van der Waals surface area (Å²) in [6, 6.07) is 1.10. The maximum Gasteiger partial charge on any atom is 0.169 e. The molecule has 0 aromatic heterocycles. The number of hydrogen-bond donors (Lipinski definition) is 1. The molecule has 1 aliphatic heterocycles. The molecule has 1 atom stereocenters. The van der Waals surface area contributed by atoms with Crippen LogP contribution in [0.1, 0.15) is 24.8 Å². The van der Waals surface area contributed by atoms with Gasteiger partial charge >= 0.3 is 0 Å². The highest BCUT2D eigenvalue weighted by molar-refractivity contribution is 5.59. The molecule has 1 aromatic carbocycles. The summed E-state index contributed by atoms with van der Waals surface area (Å²) in [7, 11) is 0. The molecule has 0 spiro atoms. The Morgan fingerprint density at radius 1 is 1.53 bits per heavy atom. The molecular formula is C12H13FO4. The van der Waals surface area contributed by atoms with Crippen LogP contribution in [-0.2, 0) is 4.79 Å². The fourth-order valence-electron chi connectivity index (χ4n) is 1.89. The Labute approximate surface area is 98.0 Å². The van der Waals surface area contributed by atoms with Crippen molar-refractivity contribution in [1.29, 1.82) is 0 Å². The van der Waals surface area contributed by atoms with Gasteiger partial charge in [-0.05, 0) is 5.92 Å². The van der Waals surface area contributed by atoms with E-state index in [1.54, 1.807) is 6.92 Å². The van der Waals surface area contributed by atoms with E-state index in [4.69, 9.17) is 9.47 Å². The zero-order valence-electron chi connectivity index (χ0n) is 9.40. The summed E-state index contributed by atoms with van der Waals surface area (Å²) < 4.78 is 24.1. The molecule has 2 rings (SSSR count). The lowest BCUT2D eigenvalue weighted by atomic mass is 9.95. The maximum absolute atomic E-state index is 13.5. The Bertz CT molecular complexity index is 445. The third-order valence-electron chi connectivity index (χ3n) is 2.74. The second-order valence-electron chi connectivity index (χ2n) is 3.95. The van der Waals surface area contributed by atoms with Gasteiger partial charge < -0.3 is 19.4 Å². The van der Waals surface area contributed by atoms with Gasteiger partial charge in [0.2, 0.25) is 0 Å². The van der Waals surface area contributed by atoms with E-state index in [1.807, 2.05) is 0 Å². The molecule has 0 radical (unpaired) electrons. The molecule has 0 aliphatic carbocycles. The van der Waals surface area contributed by atoms with E-state index in [0.717, 1.165) is 12.4 Å². The van der Waals surface area contributed by atoms with E-state index >= 15 is 0 Å². The summed E-state index contributed by atoms with van der Waals surface area (Å²) in [5.41, 5.74) is 0.298. The van der Waals surface area contributed by atoms with Crippen molar-refractivity contribution in [2.75, 3.05) is 13.2 Å². The highest BCUT2D eigenvalue weighted by atomic mass is 19.1. The summed E-state index contributed by atoms with van der Waals surface area (Å²) in [6.07, 6.45) is 0.915. The Balaban J connectivity index is 2.54. The molecule has 5 heteroatoms. The number of halogens is 1. The minimum Gasteiger partial charge on any atom is -0.505 e. The summed E-state index contributed by atoms with van der Waals surface area (Å²) in [5, 5.41) is 9.72. The zero-order chi connectivity index (χ0) is 12.4. The molecule has 1 unspecified atom stereocenters. The number of benzene rings is 1. The highest BCUT2D eigenvalue weighted by Gasteiger charge is 2.26. The maximum atomic E-state index is 13.5. The fourth-order valence-corrected chi connectivity index (χ4v) is 1.89. The molecular weight excluding hydrogens is 227 g/mol. The molecule has 92 valence electrons. The van der Waals surface area contributed by atoms with Crippen molar-refractivity contribution in [3.05, 3.63) is 17.4 Å². The van der Waals surface area contributed by atoms with Crippen LogP contribution < -0.4 is 9.47 Å². The molecule has 17 heavy (non-hydrogen) atoms. The molecule has 0 amide bonds. The second-order valence-corrected chi connectivity index (χ2v) is 3.95. The molecule has 0 fully saturated rings. The zero-order valence-corrected chi connectivity index (χ0v) is 9.40. The van der Waals surface area contributed by atoms with Crippen molar-refractivity contribution < 1.29 is 23.8 Å². The van der Waals surface area contributed by atoms with Crippen LogP contribution in [0.4, 0.5) is 4.39 Å². The van der Waals surface area contributed by atoms with Gasteiger partial charge in [-0.3, -0.25) is 0 Å². The number of phenolic OH excluding ortho intramolecular Hbond substituents is 1. The van der Waals surface area contributed by atoms with Gasteiger partial charge in [-0.15, -0.1) is 0 Å². The molecule has 1 heterocycles. The number of fused-ring (bicyclic) bond motifs is 1. The largest absolute Gasteiger partial charge is 0.505 e. The van der Waals surface area contributed by atoms with Crippen LogP contribution in [0.2, 0.25) is 0 Å². The first-order valence-electron chi connectivity index (χ1n) is 5.39. The Morgan fingerprint density at radius 2 is 2.24 bits per heavy atom. The van der Waals surface area contributed by atoms with Crippen LogP contribution in [0.5, 0.6) is 17.2 Å². The predicted octanol–water partition coefficient (Wildman–Crippen LogP) is 1.99. The van der Waals surface area contributed by atoms with Crippen LogP contribution in [0, 0.1) is 5.82 Å². The van der Waals surface area contributed by atoms with Gasteiger partial charge in [0.15, 0.2) is 23.1 Å². The van der Waals surface area contributed by atoms with Gasteiger partial charge in [-0.2, -0.15) is 0 Å². The SMILES string of the molecule is CC(CC=O)c1c(O)c(F)cc2c1OCCO2. The number of carbonyl (C=O) groups is 1. The minimum atomic E-state index is -0.762. The number of hydrogen-bond acceptors (Lipinski definition) is 4. The number of phenols is 1. The van der Waals surface area contributed by atoms with Crippen molar-refractivity contribution in [1.82, 2.24) is 0 Å². The normalized spacial score (nSPS) is 15.4. The van der Waals surface area contributed by atoms with Crippen molar-refractivity contribution in [3.63, 3.8) is 0 Å². The van der Waals surface area contributed by atoms with Gasteiger partial charge in [-0.25, -0.2) is 4.39 Å². The van der Waals surface area contributed by atoms with E-state index in [-0.39, 0.29) is 18.1 Å². The second kappa shape index (κ2) is 4.61. The number of rotatable bonds is 3. The summed E-state index contributed by atoms with van der Waals surface area (Å²) in [5.74, 6) is -0.937. The van der Waals surface area contributed by atoms with E-state index < -0.39 is 11.6 Å². The number of carbonyl (C=O) groups excluding carboxylic acids is 1. The van der Waals surface area contributed by atoms with Crippen molar-refractivity contribution >= 4 is 6.29 Å². The third-order valence-corrected chi connectivity index (χ3v) is 2.74. The first-order chi connectivity index (χ1) is 8.15. The van der Waals surface area contributed by atoms with Gasteiger partial charge in [-0.1, -0.05) is 6.92 Å². The van der Waals surface area contributed by atoms with Gasteiger partial charge in [0.05, 0.1) is 0 Å². The molecule has 1 N–H and O–H groups in total. The van der Waals surface area contributed by atoms with E-state index in [1.165, 1.54) is 0 Å². The average molecular weight is 240 g/mol. The lowest BCUT2D eigenvalue weighted by Gasteiger charge is -2.24. The first-order valence-corrected chi connectivity index (χ1v) is 5.39. The van der Waals surface area contributed by atoms with Crippen LogP contribution in [-0.4, -0.2) is 24.6 Å². The average Bonchev–Trinajstić information content (AvgIpc) is 2.31. The van der Waals surface area contributed by atoms with E-state index in [9.17, 15) is 14.3 Å². The third kappa shape index (κ3) is 2.05. The fraction of sp³-hybridized carbons (Fsp3) is 0.417. The molecule has 4 nitrogen and oxygen atoms in total. The first kappa shape index (κ1) is 11.7. The number of ether oxygens (including phenoxy) is 2. The monoisotopic (exact) mass is 240 g/mol. The van der Waals surface area contributed by atoms with E-state index in [0.29, 0.717) is 24.5 Å². The lowest BCUT2D eigenvalue weighted by molar-refractivity contribution is -0.108. The molecule has 1 aliphatic rings. The molecule has 0 saturated heterocycles. The van der Waals surface area contributed by atoms with Crippen LogP contribution in [0.3, 0.4) is 0 Å². The minimum absolute atomic E-state index is 0.187. The highest BCUT2D eigenvalue weighted by Crippen LogP contribution is 2.45. The predicted molar refractivity (Wildman–Crippen MR) is 58.2 cm³/mol. The quantitative estimate of drug-likeness (QED) is 0.821. The number of aldehydes is 1. The van der Waals surface area contributed by atoms with Crippen molar-refractivity contribution in [2.24, 2.45) is 0 Å². The Morgan fingerprint density at radius 3 is 2.94 bits per heavy atom. The number of aromatic hydroxyl groups is 1. The van der Waals surface area contributed by atoms with Gasteiger partial charge in [0.1, 0.15) is 19.5 Å². The molecule has 1 aromatic rings. The Hall–Kier alpha value is -1.78. The van der Waals surface area contributed by atoms with Gasteiger partial charge in [0.25, 0.3) is 0 Å². The standard InChI is InChI=1S/C12H13FO4/c1-7(2-3-14)10-11(15)8(13)6-9-12(10)17-5-4-16-9/h3,6-7,15H,2,4-5H2,1H3. The summed E-state index contributed by atoms with van der Waals surface area (Å²) >= 11 is 0. The van der Waals surface area contributed by atoms with Crippen LogP contribution in [0.15, 0.2) is 6.07 Å². The topological polar surface area (TPSA) is 55.8 Å². The van der Waals surface area contributed by atoms with Crippen molar-refractivity contribution in [3.8, 4) is 17.2 Å². The Kier molecular flexibility index (Phi) is 3.17. The van der Waals surface area contributed by atoms with Gasteiger partial charge in [0, 0.05) is 18.1 Å². The molecule has 0 saturated carbocycles. The smallest absolute Gasteiger partial charge is 0.169 e. The summed E-state index contributed by atoms with van der Waals surface area (Å²) in [6.45, 7) is 2.42. The van der Waals surface area contributed by atoms with Crippen LogP contribution >= 0.6 is 0 Å². The van der Waals surface area contributed by atoms with E-state index in [2.05, 4.69) is 0 Å². The molecule has 0 bridgehead atoms.